The van der Waals surface area contributed by atoms with Gasteiger partial charge in [-0.25, -0.2) is 4.68 Å². The van der Waals surface area contributed by atoms with E-state index in [2.05, 4.69) is 20.8 Å². The van der Waals surface area contributed by atoms with Crippen molar-refractivity contribution in [2.24, 2.45) is 0 Å². The Bertz CT molecular complexity index is 865. The largest absolute Gasteiger partial charge is 0.321 e. The number of nitrogens with zero attached hydrogens (tertiary/aromatic N) is 4. The van der Waals surface area contributed by atoms with Crippen LogP contribution in [0.15, 0.2) is 36.4 Å². The van der Waals surface area contributed by atoms with Gasteiger partial charge in [-0.2, -0.15) is 0 Å². The van der Waals surface area contributed by atoms with E-state index in [0.717, 1.165) is 34.8 Å². The summed E-state index contributed by atoms with van der Waals surface area (Å²) in [6.07, 6.45) is 2.23. The van der Waals surface area contributed by atoms with Crippen LogP contribution < -0.4 is 5.32 Å². The number of rotatable bonds is 4. The van der Waals surface area contributed by atoms with Crippen molar-refractivity contribution in [3.8, 4) is 11.4 Å². The lowest BCUT2D eigenvalue weighted by atomic mass is 10.2. The molecule has 1 saturated carbocycles. The lowest BCUT2D eigenvalue weighted by molar-refractivity contribution is 0.103. The summed E-state index contributed by atoms with van der Waals surface area (Å²) in [5, 5.41) is 14.9. The van der Waals surface area contributed by atoms with Crippen molar-refractivity contribution in [2.75, 3.05) is 5.32 Å². The molecule has 7 heteroatoms. The third-order valence-corrected chi connectivity index (χ3v) is 4.73. The number of anilines is 1. The van der Waals surface area contributed by atoms with Crippen LogP contribution >= 0.6 is 11.3 Å². The predicted octanol–water partition coefficient (Wildman–Crippen LogP) is 3.30. The summed E-state index contributed by atoms with van der Waals surface area (Å²) >= 11 is 1.48. The molecule has 0 saturated heterocycles. The van der Waals surface area contributed by atoms with Crippen molar-refractivity contribution in [1.29, 1.82) is 0 Å². The fourth-order valence-corrected chi connectivity index (χ4v) is 3.20. The van der Waals surface area contributed by atoms with Gasteiger partial charge < -0.3 is 5.32 Å². The summed E-state index contributed by atoms with van der Waals surface area (Å²) in [4.78, 5) is 14.1. The van der Waals surface area contributed by atoms with E-state index >= 15 is 0 Å². The topological polar surface area (TPSA) is 72.7 Å². The maximum atomic E-state index is 12.3. The predicted molar refractivity (Wildman–Crippen MR) is 88.5 cm³/mol. The molecular weight excluding hydrogens is 310 g/mol. The number of aromatic nitrogens is 4. The van der Waals surface area contributed by atoms with Gasteiger partial charge in [-0.1, -0.05) is 12.1 Å². The van der Waals surface area contributed by atoms with Crippen LogP contribution in [-0.4, -0.2) is 26.1 Å². The van der Waals surface area contributed by atoms with Crippen molar-refractivity contribution in [2.45, 2.75) is 25.8 Å². The smallest absolute Gasteiger partial charge is 0.265 e. The second kappa shape index (κ2) is 5.58. The Hall–Kier alpha value is -2.54. The van der Waals surface area contributed by atoms with E-state index in [1.165, 1.54) is 11.3 Å². The monoisotopic (exact) mass is 325 g/mol. The number of thiophene rings is 1. The molecule has 3 aromatic rings. The summed E-state index contributed by atoms with van der Waals surface area (Å²) in [5.41, 5.74) is 1.64. The fourth-order valence-electron chi connectivity index (χ4n) is 2.43. The maximum Gasteiger partial charge on any atom is 0.265 e. The van der Waals surface area contributed by atoms with Gasteiger partial charge in [0, 0.05) is 16.1 Å². The van der Waals surface area contributed by atoms with E-state index in [1.807, 2.05) is 48.0 Å². The van der Waals surface area contributed by atoms with Gasteiger partial charge >= 0.3 is 0 Å². The molecule has 0 bridgehead atoms. The Kier molecular flexibility index (Phi) is 3.42. The first kappa shape index (κ1) is 14.1. The minimum atomic E-state index is -0.0953. The van der Waals surface area contributed by atoms with Gasteiger partial charge in [-0.05, 0) is 54.5 Å². The number of nitrogens with one attached hydrogen (secondary N) is 1. The Morgan fingerprint density at radius 3 is 2.91 bits per heavy atom. The molecule has 1 amide bonds. The molecule has 0 spiro atoms. The standard InChI is InChI=1S/C16H15N5OS/c1-10-5-8-14(23-10)16(22)17-12-4-2-3-11(9-12)15-18-19-20-21(15)13-6-7-13/h2-5,8-9,13H,6-7H2,1H3,(H,17,22). The number of carbonyl (C=O) groups excluding carboxylic acids is 1. The number of hydrogen-bond donors (Lipinski definition) is 1. The molecule has 116 valence electrons. The number of amides is 1. The second-order valence-electron chi connectivity index (χ2n) is 5.62. The van der Waals surface area contributed by atoms with Crippen LogP contribution in [0.3, 0.4) is 0 Å². The zero-order chi connectivity index (χ0) is 15.8. The quantitative estimate of drug-likeness (QED) is 0.799. The minimum absolute atomic E-state index is 0.0953. The van der Waals surface area contributed by atoms with E-state index in [0.29, 0.717) is 10.9 Å². The molecule has 4 rings (SSSR count). The highest BCUT2D eigenvalue weighted by Crippen LogP contribution is 2.36. The van der Waals surface area contributed by atoms with Crippen molar-refractivity contribution in [3.05, 3.63) is 46.2 Å². The summed E-state index contributed by atoms with van der Waals surface area (Å²) in [7, 11) is 0. The third kappa shape index (κ3) is 2.87. The van der Waals surface area contributed by atoms with Crippen LogP contribution in [0.5, 0.6) is 0 Å². The average molecular weight is 325 g/mol. The first-order chi connectivity index (χ1) is 11.2. The number of aryl methyl sites for hydroxylation is 1. The molecule has 0 unspecified atom stereocenters. The molecule has 1 fully saturated rings. The van der Waals surface area contributed by atoms with E-state index in [-0.39, 0.29) is 5.91 Å². The minimum Gasteiger partial charge on any atom is -0.321 e. The Labute approximate surface area is 137 Å². The average Bonchev–Trinajstić information content (AvgIpc) is 3.10. The summed E-state index contributed by atoms with van der Waals surface area (Å²) < 4.78 is 1.86. The van der Waals surface area contributed by atoms with Gasteiger partial charge in [-0.15, -0.1) is 16.4 Å². The molecule has 1 aliphatic rings. The highest BCUT2D eigenvalue weighted by Gasteiger charge is 2.28. The molecule has 2 aromatic heterocycles. The van der Waals surface area contributed by atoms with Crippen LogP contribution in [0.25, 0.3) is 11.4 Å². The molecule has 1 aromatic carbocycles. The zero-order valence-corrected chi connectivity index (χ0v) is 13.4. The lowest BCUT2D eigenvalue weighted by Crippen LogP contribution is -2.10. The first-order valence-corrected chi connectivity index (χ1v) is 8.28. The summed E-state index contributed by atoms with van der Waals surface area (Å²) in [5.74, 6) is 0.651. The van der Waals surface area contributed by atoms with Crippen LogP contribution in [0, 0.1) is 6.92 Å². The number of tetrazole rings is 1. The SMILES string of the molecule is Cc1ccc(C(=O)Nc2cccc(-c3nnnn3C3CC3)c2)s1. The molecule has 2 heterocycles. The van der Waals surface area contributed by atoms with E-state index < -0.39 is 0 Å². The van der Waals surface area contributed by atoms with Crippen molar-refractivity contribution >= 4 is 22.9 Å². The molecule has 6 nitrogen and oxygen atoms in total. The Morgan fingerprint density at radius 2 is 2.17 bits per heavy atom. The summed E-state index contributed by atoms with van der Waals surface area (Å²) in [6, 6.07) is 11.8. The van der Waals surface area contributed by atoms with Gasteiger partial charge in [-0.3, -0.25) is 4.79 Å². The molecule has 1 aliphatic carbocycles. The molecular formula is C16H15N5OS. The maximum absolute atomic E-state index is 12.3. The van der Waals surface area contributed by atoms with E-state index in [9.17, 15) is 4.79 Å². The molecule has 1 N–H and O–H groups in total. The van der Waals surface area contributed by atoms with Gasteiger partial charge in [0.25, 0.3) is 5.91 Å². The van der Waals surface area contributed by atoms with Gasteiger partial charge in [0.1, 0.15) is 0 Å². The number of benzene rings is 1. The van der Waals surface area contributed by atoms with Gasteiger partial charge in [0.2, 0.25) is 0 Å². The Balaban J connectivity index is 1.59. The van der Waals surface area contributed by atoms with Crippen LogP contribution in [-0.2, 0) is 0 Å². The van der Waals surface area contributed by atoms with E-state index in [4.69, 9.17) is 0 Å². The van der Waals surface area contributed by atoms with Crippen molar-refractivity contribution in [3.63, 3.8) is 0 Å². The highest BCUT2D eigenvalue weighted by atomic mass is 32.1. The van der Waals surface area contributed by atoms with Gasteiger partial charge in [0.15, 0.2) is 5.82 Å². The molecule has 0 atom stereocenters. The van der Waals surface area contributed by atoms with Crippen LogP contribution in [0.1, 0.15) is 33.4 Å². The highest BCUT2D eigenvalue weighted by molar-refractivity contribution is 7.14. The summed E-state index contributed by atoms with van der Waals surface area (Å²) in [6.45, 7) is 1.99. The number of hydrogen-bond acceptors (Lipinski definition) is 5. The first-order valence-electron chi connectivity index (χ1n) is 7.47. The molecule has 0 radical (unpaired) electrons. The molecule has 23 heavy (non-hydrogen) atoms. The fraction of sp³-hybridized carbons (Fsp3) is 0.250. The lowest BCUT2D eigenvalue weighted by Gasteiger charge is -2.07. The normalized spacial score (nSPS) is 14.0. The number of carbonyl (C=O) groups is 1. The van der Waals surface area contributed by atoms with Crippen LogP contribution in [0.2, 0.25) is 0 Å². The van der Waals surface area contributed by atoms with E-state index in [1.54, 1.807) is 0 Å². The van der Waals surface area contributed by atoms with Crippen molar-refractivity contribution < 1.29 is 4.79 Å². The third-order valence-electron chi connectivity index (χ3n) is 3.73. The molecule has 0 aliphatic heterocycles. The Morgan fingerprint density at radius 1 is 1.30 bits per heavy atom. The van der Waals surface area contributed by atoms with Gasteiger partial charge in [0.05, 0.1) is 10.9 Å². The van der Waals surface area contributed by atoms with Crippen LogP contribution in [0.4, 0.5) is 5.69 Å². The zero-order valence-electron chi connectivity index (χ0n) is 12.6. The second-order valence-corrected chi connectivity index (χ2v) is 6.91. The van der Waals surface area contributed by atoms with Crippen molar-refractivity contribution in [1.82, 2.24) is 20.2 Å².